The summed E-state index contributed by atoms with van der Waals surface area (Å²) in [6.45, 7) is 5.63. The highest BCUT2D eigenvalue weighted by Crippen LogP contribution is 2.38. The van der Waals surface area contributed by atoms with Crippen LogP contribution >= 0.6 is 0 Å². The van der Waals surface area contributed by atoms with E-state index in [2.05, 4.69) is 68.4 Å². The molecule has 0 unspecified atom stereocenters. The molecule has 4 rings (SSSR count). The van der Waals surface area contributed by atoms with Gasteiger partial charge in [-0.1, -0.05) is 44.2 Å². The van der Waals surface area contributed by atoms with Crippen LogP contribution in [0, 0.1) is 0 Å². The van der Waals surface area contributed by atoms with Gasteiger partial charge in [0.05, 0.1) is 13.2 Å². The van der Waals surface area contributed by atoms with Gasteiger partial charge in [0.15, 0.2) is 11.5 Å². The molecule has 0 aliphatic rings. The molecule has 4 aromatic carbocycles. The summed E-state index contributed by atoms with van der Waals surface area (Å²) in [5.41, 5.74) is 0. The molecule has 0 fully saturated rings. The monoisotopic (exact) mass is 344 g/mol. The molecule has 0 saturated heterocycles. The van der Waals surface area contributed by atoms with E-state index < -0.39 is 0 Å². The van der Waals surface area contributed by atoms with Crippen molar-refractivity contribution in [2.45, 2.75) is 26.7 Å². The second kappa shape index (κ2) is 7.25. The van der Waals surface area contributed by atoms with Crippen LogP contribution in [0.25, 0.3) is 32.3 Å². The molecule has 2 heteroatoms. The first-order valence-corrected chi connectivity index (χ1v) is 9.45. The molecular formula is C24H24O2. The van der Waals surface area contributed by atoms with E-state index in [0.29, 0.717) is 13.2 Å². The maximum atomic E-state index is 6.11. The number of hydrogen-bond donors (Lipinski definition) is 0. The molecule has 0 N–H and O–H groups in total. The molecule has 26 heavy (non-hydrogen) atoms. The second-order valence-corrected chi connectivity index (χ2v) is 6.71. The van der Waals surface area contributed by atoms with Gasteiger partial charge in [-0.15, -0.1) is 0 Å². The Morgan fingerprint density at radius 2 is 1.23 bits per heavy atom. The van der Waals surface area contributed by atoms with Crippen LogP contribution in [0.1, 0.15) is 26.7 Å². The molecule has 0 spiro atoms. The zero-order valence-corrected chi connectivity index (χ0v) is 15.4. The Hall–Kier alpha value is -2.74. The van der Waals surface area contributed by atoms with Crippen LogP contribution in [0.2, 0.25) is 0 Å². The molecule has 0 bridgehead atoms. The maximum Gasteiger partial charge on any atom is 0.168 e. The van der Waals surface area contributed by atoms with Gasteiger partial charge in [0.2, 0.25) is 0 Å². The minimum Gasteiger partial charge on any atom is -0.490 e. The van der Waals surface area contributed by atoms with Crippen molar-refractivity contribution < 1.29 is 9.47 Å². The second-order valence-electron chi connectivity index (χ2n) is 6.71. The predicted molar refractivity (Wildman–Crippen MR) is 111 cm³/mol. The maximum absolute atomic E-state index is 6.11. The normalized spacial score (nSPS) is 11.3. The van der Waals surface area contributed by atoms with E-state index >= 15 is 0 Å². The highest BCUT2D eigenvalue weighted by atomic mass is 16.5. The van der Waals surface area contributed by atoms with Crippen LogP contribution in [0.3, 0.4) is 0 Å². The average Bonchev–Trinajstić information content (AvgIpc) is 2.67. The Bertz CT molecular complexity index is 1070. The van der Waals surface area contributed by atoms with Crippen molar-refractivity contribution in [2.75, 3.05) is 13.2 Å². The molecule has 0 saturated carbocycles. The zero-order valence-electron chi connectivity index (χ0n) is 15.4. The molecule has 2 nitrogen and oxygen atoms in total. The standard InChI is InChI=1S/C24H24O2/c1-3-11-25-23-10-9-19-15-20-13-17-7-5-6-8-18(17)14-21(20)16-22(19)24(23)26-12-4-2/h5-10,13-16H,3-4,11-12H2,1-2H3. The summed E-state index contributed by atoms with van der Waals surface area (Å²) in [6, 6.07) is 21.7. The fraction of sp³-hybridized carbons (Fsp3) is 0.250. The van der Waals surface area contributed by atoms with Gasteiger partial charge >= 0.3 is 0 Å². The molecule has 0 aliphatic carbocycles. The molecular weight excluding hydrogens is 320 g/mol. The van der Waals surface area contributed by atoms with Crippen molar-refractivity contribution in [2.24, 2.45) is 0 Å². The van der Waals surface area contributed by atoms with Crippen LogP contribution in [0.4, 0.5) is 0 Å². The van der Waals surface area contributed by atoms with Crippen molar-refractivity contribution in [3.05, 3.63) is 60.7 Å². The molecule has 0 radical (unpaired) electrons. The molecule has 0 amide bonds. The van der Waals surface area contributed by atoms with Gasteiger partial charge in [0.25, 0.3) is 0 Å². The Labute approximate surface area is 154 Å². The van der Waals surface area contributed by atoms with Gasteiger partial charge < -0.3 is 9.47 Å². The lowest BCUT2D eigenvalue weighted by atomic mass is 9.99. The van der Waals surface area contributed by atoms with E-state index in [4.69, 9.17) is 9.47 Å². The Morgan fingerprint density at radius 3 is 1.92 bits per heavy atom. The van der Waals surface area contributed by atoms with E-state index in [-0.39, 0.29) is 0 Å². The minimum absolute atomic E-state index is 0.692. The van der Waals surface area contributed by atoms with E-state index in [0.717, 1.165) is 29.7 Å². The summed E-state index contributed by atoms with van der Waals surface area (Å²) in [5.74, 6) is 1.71. The van der Waals surface area contributed by atoms with E-state index in [1.807, 2.05) is 6.07 Å². The van der Waals surface area contributed by atoms with Crippen molar-refractivity contribution in [1.29, 1.82) is 0 Å². The summed E-state index contributed by atoms with van der Waals surface area (Å²) < 4.78 is 12.1. The summed E-state index contributed by atoms with van der Waals surface area (Å²) in [5, 5.41) is 7.31. The highest BCUT2D eigenvalue weighted by Gasteiger charge is 2.12. The first-order chi connectivity index (χ1) is 12.8. The van der Waals surface area contributed by atoms with Crippen molar-refractivity contribution in [1.82, 2.24) is 0 Å². The molecule has 0 aromatic heterocycles. The van der Waals surface area contributed by atoms with Gasteiger partial charge in [-0.25, -0.2) is 0 Å². The minimum atomic E-state index is 0.692. The lowest BCUT2D eigenvalue weighted by molar-refractivity contribution is 0.271. The smallest absolute Gasteiger partial charge is 0.168 e. The third-order valence-electron chi connectivity index (χ3n) is 4.67. The van der Waals surface area contributed by atoms with Gasteiger partial charge in [0.1, 0.15) is 0 Å². The third-order valence-corrected chi connectivity index (χ3v) is 4.67. The van der Waals surface area contributed by atoms with Crippen molar-refractivity contribution in [3.8, 4) is 11.5 Å². The van der Waals surface area contributed by atoms with Crippen molar-refractivity contribution >= 4 is 32.3 Å². The van der Waals surface area contributed by atoms with Gasteiger partial charge in [0, 0.05) is 5.39 Å². The lowest BCUT2D eigenvalue weighted by Crippen LogP contribution is -2.01. The number of hydrogen-bond acceptors (Lipinski definition) is 2. The van der Waals surface area contributed by atoms with Gasteiger partial charge in [-0.05, 0) is 70.1 Å². The molecule has 132 valence electrons. The van der Waals surface area contributed by atoms with E-state index in [1.165, 1.54) is 26.9 Å². The van der Waals surface area contributed by atoms with Crippen molar-refractivity contribution in [3.63, 3.8) is 0 Å². The first-order valence-electron chi connectivity index (χ1n) is 9.45. The van der Waals surface area contributed by atoms with Gasteiger partial charge in [-0.3, -0.25) is 0 Å². The van der Waals surface area contributed by atoms with Crippen LogP contribution < -0.4 is 9.47 Å². The zero-order chi connectivity index (χ0) is 17.9. The van der Waals surface area contributed by atoms with Crippen LogP contribution in [0.5, 0.6) is 11.5 Å². The Morgan fingerprint density at radius 1 is 0.615 bits per heavy atom. The number of fused-ring (bicyclic) bond motifs is 3. The number of benzene rings is 4. The number of rotatable bonds is 6. The van der Waals surface area contributed by atoms with E-state index in [1.54, 1.807) is 0 Å². The third kappa shape index (κ3) is 3.08. The lowest BCUT2D eigenvalue weighted by Gasteiger charge is -2.15. The van der Waals surface area contributed by atoms with Crippen LogP contribution in [0.15, 0.2) is 60.7 Å². The largest absolute Gasteiger partial charge is 0.490 e. The number of ether oxygens (including phenoxy) is 2. The summed E-state index contributed by atoms with van der Waals surface area (Å²) in [4.78, 5) is 0. The molecule has 0 heterocycles. The predicted octanol–water partition coefficient (Wildman–Crippen LogP) is 6.72. The average molecular weight is 344 g/mol. The molecule has 0 atom stereocenters. The summed E-state index contributed by atoms with van der Waals surface area (Å²) in [7, 11) is 0. The molecule has 4 aromatic rings. The van der Waals surface area contributed by atoms with Crippen LogP contribution in [-0.4, -0.2) is 13.2 Å². The summed E-state index contributed by atoms with van der Waals surface area (Å²) >= 11 is 0. The quantitative estimate of drug-likeness (QED) is 0.361. The SMILES string of the molecule is CCCOc1ccc2cc3cc4ccccc4cc3cc2c1OCCC. The topological polar surface area (TPSA) is 18.5 Å². The molecule has 0 aliphatic heterocycles. The van der Waals surface area contributed by atoms with Gasteiger partial charge in [-0.2, -0.15) is 0 Å². The highest BCUT2D eigenvalue weighted by molar-refractivity contribution is 6.06. The summed E-state index contributed by atoms with van der Waals surface area (Å²) in [6.07, 6.45) is 1.96. The Kier molecular flexibility index (Phi) is 4.66. The van der Waals surface area contributed by atoms with Crippen LogP contribution in [-0.2, 0) is 0 Å². The fourth-order valence-electron chi connectivity index (χ4n) is 3.40. The fourth-order valence-corrected chi connectivity index (χ4v) is 3.40. The van der Waals surface area contributed by atoms with E-state index in [9.17, 15) is 0 Å². The first kappa shape index (κ1) is 16.7. The Balaban J connectivity index is 1.94.